The second-order valence-corrected chi connectivity index (χ2v) is 2.13. The first-order chi connectivity index (χ1) is 5.54. The van der Waals surface area contributed by atoms with E-state index >= 15 is 0 Å². The van der Waals surface area contributed by atoms with Crippen LogP contribution in [0.4, 0.5) is 13.2 Å². The van der Waals surface area contributed by atoms with Crippen molar-refractivity contribution in [2.24, 2.45) is 0 Å². The third-order valence-corrected chi connectivity index (χ3v) is 1.28. The van der Waals surface area contributed by atoms with Crippen molar-refractivity contribution >= 4 is 0 Å². The van der Waals surface area contributed by atoms with Crippen LogP contribution in [0.3, 0.4) is 0 Å². The zero-order valence-corrected chi connectivity index (χ0v) is 5.94. The van der Waals surface area contributed by atoms with Crippen molar-refractivity contribution in [3.63, 3.8) is 0 Å². The fraction of sp³-hybridized carbons (Fsp3) is 0.111. The molecule has 1 aromatic carbocycles. The zero-order chi connectivity index (χ0) is 9.19. The lowest BCUT2D eigenvalue weighted by molar-refractivity contribution is -0.137. The topological polar surface area (TPSA) is 0 Å². The molecule has 0 fully saturated rings. The van der Waals surface area contributed by atoms with Crippen molar-refractivity contribution < 1.29 is 13.2 Å². The van der Waals surface area contributed by atoms with Crippen LogP contribution in [-0.2, 0) is 6.18 Å². The average molecular weight is 169 g/mol. The molecule has 0 aliphatic heterocycles. The SMILES string of the molecule is C#Cc1[c]ccc(C(F)(F)F)c1. The summed E-state index contributed by atoms with van der Waals surface area (Å²) in [7, 11) is 0. The van der Waals surface area contributed by atoms with E-state index in [0.29, 0.717) is 0 Å². The number of halogens is 3. The third-order valence-electron chi connectivity index (χ3n) is 1.28. The lowest BCUT2D eigenvalue weighted by Crippen LogP contribution is -2.04. The Morgan fingerprint density at radius 3 is 2.58 bits per heavy atom. The first kappa shape index (κ1) is 8.66. The highest BCUT2D eigenvalue weighted by Crippen LogP contribution is 2.29. The summed E-state index contributed by atoms with van der Waals surface area (Å²) in [6.07, 6.45) is 0.581. The van der Waals surface area contributed by atoms with Gasteiger partial charge >= 0.3 is 6.18 Å². The van der Waals surface area contributed by atoms with Gasteiger partial charge in [-0.3, -0.25) is 0 Å². The number of rotatable bonds is 0. The van der Waals surface area contributed by atoms with E-state index in [-0.39, 0.29) is 5.56 Å². The molecule has 0 atom stereocenters. The number of hydrogen-bond acceptors (Lipinski definition) is 0. The Morgan fingerprint density at radius 2 is 2.08 bits per heavy atom. The van der Waals surface area contributed by atoms with Crippen LogP contribution >= 0.6 is 0 Å². The smallest absolute Gasteiger partial charge is 0.166 e. The molecular formula is C9H4F3. The van der Waals surface area contributed by atoms with Crippen LogP contribution in [0.15, 0.2) is 18.2 Å². The maximum absolute atomic E-state index is 12.0. The molecule has 0 aliphatic carbocycles. The van der Waals surface area contributed by atoms with Gasteiger partial charge in [0.2, 0.25) is 0 Å². The Morgan fingerprint density at radius 1 is 1.42 bits per heavy atom. The van der Waals surface area contributed by atoms with Crippen molar-refractivity contribution in [2.75, 3.05) is 0 Å². The predicted octanol–water partition coefficient (Wildman–Crippen LogP) is 2.49. The van der Waals surface area contributed by atoms with E-state index in [1.807, 2.05) is 0 Å². The van der Waals surface area contributed by atoms with Crippen molar-refractivity contribution in [1.29, 1.82) is 0 Å². The van der Waals surface area contributed by atoms with E-state index in [4.69, 9.17) is 6.42 Å². The molecule has 0 bridgehead atoms. The van der Waals surface area contributed by atoms with Gasteiger partial charge in [-0.2, -0.15) is 13.2 Å². The molecule has 0 N–H and O–H groups in total. The van der Waals surface area contributed by atoms with Gasteiger partial charge in [0, 0.05) is 5.56 Å². The van der Waals surface area contributed by atoms with Crippen LogP contribution in [0.2, 0.25) is 0 Å². The fourth-order valence-electron chi connectivity index (χ4n) is 0.726. The Labute approximate surface area is 68.0 Å². The molecule has 12 heavy (non-hydrogen) atoms. The molecule has 0 heterocycles. The molecule has 0 aromatic heterocycles. The Kier molecular flexibility index (Phi) is 2.09. The average Bonchev–Trinajstić information content (AvgIpc) is 2.03. The van der Waals surface area contributed by atoms with Crippen molar-refractivity contribution in [3.8, 4) is 12.3 Å². The lowest BCUT2D eigenvalue weighted by atomic mass is 10.1. The Hall–Kier alpha value is -1.43. The molecule has 1 aromatic rings. The van der Waals surface area contributed by atoms with E-state index in [9.17, 15) is 13.2 Å². The van der Waals surface area contributed by atoms with Gasteiger partial charge in [-0.15, -0.1) is 6.42 Å². The zero-order valence-electron chi connectivity index (χ0n) is 5.94. The van der Waals surface area contributed by atoms with Crippen LogP contribution < -0.4 is 0 Å². The molecule has 0 saturated carbocycles. The van der Waals surface area contributed by atoms with E-state index in [1.165, 1.54) is 0 Å². The summed E-state index contributed by atoms with van der Waals surface area (Å²) in [6, 6.07) is 5.48. The Balaban J connectivity index is 3.13. The quantitative estimate of drug-likeness (QED) is 0.523. The minimum atomic E-state index is -4.33. The molecule has 0 saturated heterocycles. The molecule has 0 aliphatic rings. The molecule has 3 heteroatoms. The molecule has 0 spiro atoms. The van der Waals surface area contributed by atoms with Crippen LogP contribution in [0.25, 0.3) is 0 Å². The van der Waals surface area contributed by atoms with Gasteiger partial charge < -0.3 is 0 Å². The van der Waals surface area contributed by atoms with Gasteiger partial charge in [-0.25, -0.2) is 0 Å². The monoisotopic (exact) mass is 169 g/mol. The molecule has 0 amide bonds. The maximum atomic E-state index is 12.0. The molecular weight excluding hydrogens is 165 g/mol. The first-order valence-corrected chi connectivity index (χ1v) is 3.09. The minimum Gasteiger partial charge on any atom is -0.166 e. The fourth-order valence-corrected chi connectivity index (χ4v) is 0.726. The van der Waals surface area contributed by atoms with Crippen LogP contribution in [0, 0.1) is 18.4 Å². The Bertz CT molecular complexity index is 317. The number of alkyl halides is 3. The van der Waals surface area contributed by atoms with Gasteiger partial charge in [0.05, 0.1) is 5.56 Å². The summed E-state index contributed by atoms with van der Waals surface area (Å²) < 4.78 is 36.1. The summed E-state index contributed by atoms with van der Waals surface area (Å²) in [5.41, 5.74) is -0.626. The molecule has 61 valence electrons. The summed E-state index contributed by atoms with van der Waals surface area (Å²) in [4.78, 5) is 0. The standard InChI is InChI=1S/C9H4F3/c1-2-7-4-3-5-8(6-7)9(10,11)12/h1,3,5-6H. The van der Waals surface area contributed by atoms with Crippen LogP contribution in [0.1, 0.15) is 11.1 Å². The largest absolute Gasteiger partial charge is 0.416 e. The first-order valence-electron chi connectivity index (χ1n) is 3.09. The van der Waals surface area contributed by atoms with Crippen molar-refractivity contribution in [2.45, 2.75) is 6.18 Å². The maximum Gasteiger partial charge on any atom is 0.416 e. The second kappa shape index (κ2) is 2.90. The molecule has 0 nitrogen and oxygen atoms in total. The number of benzene rings is 1. The van der Waals surface area contributed by atoms with E-state index in [2.05, 4.69) is 12.0 Å². The normalized spacial score (nSPS) is 10.8. The van der Waals surface area contributed by atoms with Gasteiger partial charge in [0.15, 0.2) is 0 Å². The van der Waals surface area contributed by atoms with Crippen molar-refractivity contribution in [1.82, 2.24) is 0 Å². The summed E-state index contributed by atoms with van der Waals surface area (Å²) in [5, 5.41) is 0. The van der Waals surface area contributed by atoms with E-state index < -0.39 is 11.7 Å². The molecule has 1 radical (unpaired) electrons. The highest BCUT2D eigenvalue weighted by Gasteiger charge is 2.30. The summed E-state index contributed by atoms with van der Waals surface area (Å²) in [5.74, 6) is 2.08. The van der Waals surface area contributed by atoms with Crippen LogP contribution in [-0.4, -0.2) is 0 Å². The van der Waals surface area contributed by atoms with E-state index in [1.54, 1.807) is 0 Å². The highest BCUT2D eigenvalue weighted by molar-refractivity contribution is 5.35. The second-order valence-electron chi connectivity index (χ2n) is 2.13. The molecule has 1 rings (SSSR count). The number of hydrogen-bond donors (Lipinski definition) is 0. The third kappa shape index (κ3) is 1.79. The summed E-state index contributed by atoms with van der Waals surface area (Å²) >= 11 is 0. The van der Waals surface area contributed by atoms with Gasteiger partial charge in [0.1, 0.15) is 0 Å². The minimum absolute atomic E-state index is 0.116. The summed E-state index contributed by atoms with van der Waals surface area (Å²) in [6.45, 7) is 0. The van der Waals surface area contributed by atoms with Crippen LogP contribution in [0.5, 0.6) is 0 Å². The lowest BCUT2D eigenvalue weighted by Gasteiger charge is -2.05. The van der Waals surface area contributed by atoms with Crippen molar-refractivity contribution in [3.05, 3.63) is 35.4 Å². The van der Waals surface area contributed by atoms with Gasteiger partial charge in [0.25, 0.3) is 0 Å². The van der Waals surface area contributed by atoms with E-state index in [0.717, 1.165) is 18.2 Å². The highest BCUT2D eigenvalue weighted by atomic mass is 19.4. The molecule has 0 unspecified atom stereocenters. The number of terminal acetylenes is 1. The predicted molar refractivity (Wildman–Crippen MR) is 38.2 cm³/mol. The van der Waals surface area contributed by atoms with Gasteiger partial charge in [-0.1, -0.05) is 12.0 Å². The van der Waals surface area contributed by atoms with Gasteiger partial charge in [-0.05, 0) is 18.2 Å².